The topological polar surface area (TPSA) is 121 Å². The third-order valence-corrected chi connectivity index (χ3v) is 2.87. The van der Waals surface area contributed by atoms with E-state index >= 15 is 0 Å². The summed E-state index contributed by atoms with van der Waals surface area (Å²) in [5.74, 6) is -1.26. The van der Waals surface area contributed by atoms with Gasteiger partial charge in [-0.1, -0.05) is 0 Å². The maximum Gasteiger partial charge on any atom is 0.328 e. The number of nitrogens with two attached hydrogens (primary N) is 1. The highest BCUT2D eigenvalue weighted by Gasteiger charge is 2.24. The molecule has 3 N–H and O–H groups in total. The Hall–Kier alpha value is -2.64. The predicted molar refractivity (Wildman–Crippen MR) is 82.4 cm³/mol. The summed E-state index contributed by atoms with van der Waals surface area (Å²) < 4.78 is 9.72. The molecule has 1 aromatic rings. The van der Waals surface area contributed by atoms with Gasteiger partial charge in [-0.3, -0.25) is 9.59 Å². The molecule has 0 bridgehead atoms. The Morgan fingerprint density at radius 1 is 1.22 bits per heavy atom. The predicted octanol–water partition coefficient (Wildman–Crippen LogP) is 0.669. The highest BCUT2D eigenvalue weighted by molar-refractivity contribution is 5.96. The average molecular weight is 323 g/mol. The lowest BCUT2D eigenvalue weighted by Crippen LogP contribution is -2.42. The van der Waals surface area contributed by atoms with E-state index in [4.69, 9.17) is 15.2 Å². The summed E-state index contributed by atoms with van der Waals surface area (Å²) in [4.78, 5) is 39.3. The molecular formula is C15H21N3O5. The fourth-order valence-corrected chi connectivity index (χ4v) is 1.77. The van der Waals surface area contributed by atoms with Gasteiger partial charge in [-0.05, 0) is 32.4 Å². The van der Waals surface area contributed by atoms with Crippen molar-refractivity contribution in [2.45, 2.75) is 32.7 Å². The maximum atomic E-state index is 12.1. The lowest BCUT2D eigenvalue weighted by molar-refractivity contribution is -0.146. The first-order valence-corrected chi connectivity index (χ1v) is 7.32. The third kappa shape index (κ3) is 6.33. The van der Waals surface area contributed by atoms with Crippen LogP contribution < -0.4 is 11.1 Å². The van der Waals surface area contributed by atoms with Crippen LogP contribution in [0, 0.1) is 0 Å². The molecule has 1 heterocycles. The van der Waals surface area contributed by atoms with E-state index in [1.807, 2.05) is 0 Å². The van der Waals surface area contributed by atoms with E-state index in [1.165, 1.54) is 18.3 Å². The normalized spacial score (nSPS) is 11.4. The van der Waals surface area contributed by atoms with Crippen LogP contribution in [0.25, 0.3) is 0 Å². The SMILES string of the molecule is CCOC(=O)CCC(NC(=O)c1ccc(N)nc1)C(=O)OCC. The number of hydrogen-bond donors (Lipinski definition) is 2. The van der Waals surface area contributed by atoms with Crippen LogP contribution in [-0.4, -0.2) is 42.1 Å². The summed E-state index contributed by atoms with van der Waals surface area (Å²) in [6.45, 7) is 3.78. The highest BCUT2D eigenvalue weighted by Crippen LogP contribution is 2.06. The Labute approximate surface area is 134 Å². The molecular weight excluding hydrogens is 302 g/mol. The minimum Gasteiger partial charge on any atom is -0.466 e. The van der Waals surface area contributed by atoms with Crippen molar-refractivity contribution in [3.05, 3.63) is 23.9 Å². The fourth-order valence-electron chi connectivity index (χ4n) is 1.77. The summed E-state index contributed by atoms with van der Waals surface area (Å²) in [6, 6.07) is 2.03. The Morgan fingerprint density at radius 2 is 1.91 bits per heavy atom. The van der Waals surface area contributed by atoms with Crippen LogP contribution in [0.15, 0.2) is 18.3 Å². The van der Waals surface area contributed by atoms with Crippen LogP contribution in [0.4, 0.5) is 5.82 Å². The summed E-state index contributed by atoms with van der Waals surface area (Å²) in [6.07, 6.45) is 1.39. The number of nitrogen functional groups attached to an aromatic ring is 1. The van der Waals surface area contributed by atoms with Crippen molar-refractivity contribution in [3.63, 3.8) is 0 Å². The Balaban J connectivity index is 2.71. The summed E-state index contributed by atoms with van der Waals surface area (Å²) in [5, 5.41) is 2.53. The van der Waals surface area contributed by atoms with E-state index in [2.05, 4.69) is 10.3 Å². The molecule has 0 saturated carbocycles. The molecule has 0 aliphatic carbocycles. The van der Waals surface area contributed by atoms with Crippen molar-refractivity contribution < 1.29 is 23.9 Å². The molecule has 8 nitrogen and oxygen atoms in total. The maximum absolute atomic E-state index is 12.1. The molecule has 0 aliphatic heterocycles. The molecule has 8 heteroatoms. The molecule has 0 radical (unpaired) electrons. The van der Waals surface area contributed by atoms with E-state index in [-0.39, 0.29) is 37.4 Å². The molecule has 0 aliphatic rings. The Kier molecular flexibility index (Phi) is 7.52. The number of nitrogens with zero attached hydrogens (tertiary/aromatic N) is 1. The number of rotatable bonds is 8. The molecule has 0 aromatic carbocycles. The molecule has 1 unspecified atom stereocenters. The zero-order valence-electron chi connectivity index (χ0n) is 13.2. The third-order valence-electron chi connectivity index (χ3n) is 2.87. The van der Waals surface area contributed by atoms with Gasteiger partial charge in [0.1, 0.15) is 11.9 Å². The first-order chi connectivity index (χ1) is 11.0. The van der Waals surface area contributed by atoms with E-state index in [9.17, 15) is 14.4 Å². The summed E-state index contributed by atoms with van der Waals surface area (Å²) in [7, 11) is 0. The van der Waals surface area contributed by atoms with Gasteiger partial charge in [-0.25, -0.2) is 9.78 Å². The van der Waals surface area contributed by atoms with E-state index in [0.717, 1.165) is 0 Å². The van der Waals surface area contributed by atoms with Gasteiger partial charge in [0.2, 0.25) is 0 Å². The first-order valence-electron chi connectivity index (χ1n) is 7.32. The number of carbonyl (C=O) groups excluding carboxylic acids is 3. The van der Waals surface area contributed by atoms with Gasteiger partial charge in [0, 0.05) is 12.6 Å². The smallest absolute Gasteiger partial charge is 0.328 e. The number of anilines is 1. The minimum absolute atomic E-state index is 0.00239. The first kappa shape index (κ1) is 18.4. The van der Waals surface area contributed by atoms with Crippen molar-refractivity contribution in [3.8, 4) is 0 Å². The zero-order valence-corrected chi connectivity index (χ0v) is 13.2. The van der Waals surface area contributed by atoms with Crippen molar-refractivity contribution in [1.82, 2.24) is 10.3 Å². The summed E-state index contributed by atoms with van der Waals surface area (Å²) >= 11 is 0. The highest BCUT2D eigenvalue weighted by atomic mass is 16.5. The number of carbonyl (C=O) groups is 3. The Morgan fingerprint density at radius 3 is 2.48 bits per heavy atom. The fraction of sp³-hybridized carbons (Fsp3) is 0.467. The molecule has 23 heavy (non-hydrogen) atoms. The number of amides is 1. The molecule has 1 amide bonds. The van der Waals surface area contributed by atoms with Crippen molar-refractivity contribution >= 4 is 23.7 Å². The summed E-state index contributed by atoms with van der Waals surface area (Å²) in [5.41, 5.74) is 5.71. The molecule has 1 atom stereocenters. The van der Waals surface area contributed by atoms with Gasteiger partial charge < -0.3 is 20.5 Å². The monoisotopic (exact) mass is 323 g/mol. The lowest BCUT2D eigenvalue weighted by Gasteiger charge is -2.17. The number of hydrogen-bond acceptors (Lipinski definition) is 7. The molecule has 126 valence electrons. The van der Waals surface area contributed by atoms with Gasteiger partial charge >= 0.3 is 11.9 Å². The van der Waals surface area contributed by atoms with Crippen LogP contribution in [0.3, 0.4) is 0 Å². The number of pyridine rings is 1. The second-order valence-corrected chi connectivity index (χ2v) is 4.59. The lowest BCUT2D eigenvalue weighted by atomic mass is 10.1. The van der Waals surface area contributed by atoms with Crippen molar-refractivity contribution in [1.29, 1.82) is 0 Å². The largest absolute Gasteiger partial charge is 0.466 e. The van der Waals surface area contributed by atoms with Crippen LogP contribution in [0.1, 0.15) is 37.0 Å². The van der Waals surface area contributed by atoms with Crippen LogP contribution in [0.5, 0.6) is 0 Å². The van der Waals surface area contributed by atoms with Gasteiger partial charge in [0.25, 0.3) is 5.91 Å². The number of nitrogens with one attached hydrogen (secondary N) is 1. The number of esters is 2. The molecule has 0 fully saturated rings. The molecule has 0 spiro atoms. The molecule has 1 aromatic heterocycles. The Bertz CT molecular complexity index is 545. The van der Waals surface area contributed by atoms with Crippen LogP contribution in [-0.2, 0) is 19.1 Å². The van der Waals surface area contributed by atoms with Crippen molar-refractivity contribution in [2.24, 2.45) is 0 Å². The van der Waals surface area contributed by atoms with Gasteiger partial charge in [0.05, 0.1) is 18.8 Å². The average Bonchev–Trinajstić information content (AvgIpc) is 2.52. The van der Waals surface area contributed by atoms with E-state index in [1.54, 1.807) is 13.8 Å². The van der Waals surface area contributed by atoms with E-state index < -0.39 is 23.9 Å². The second kappa shape index (κ2) is 9.39. The van der Waals surface area contributed by atoms with Crippen molar-refractivity contribution in [2.75, 3.05) is 18.9 Å². The second-order valence-electron chi connectivity index (χ2n) is 4.59. The molecule has 0 saturated heterocycles. The molecule has 1 rings (SSSR count). The number of ether oxygens (including phenoxy) is 2. The standard InChI is InChI=1S/C15H21N3O5/c1-3-22-13(19)8-6-11(15(21)23-4-2)18-14(20)10-5-7-12(16)17-9-10/h5,7,9,11H,3-4,6,8H2,1-2H3,(H2,16,17)(H,18,20). The van der Waals surface area contributed by atoms with Crippen LogP contribution in [0.2, 0.25) is 0 Å². The van der Waals surface area contributed by atoms with Gasteiger partial charge in [-0.15, -0.1) is 0 Å². The minimum atomic E-state index is -0.940. The van der Waals surface area contributed by atoms with Gasteiger partial charge in [0.15, 0.2) is 0 Å². The van der Waals surface area contributed by atoms with Crippen LogP contribution >= 0.6 is 0 Å². The zero-order chi connectivity index (χ0) is 17.2. The van der Waals surface area contributed by atoms with Gasteiger partial charge in [-0.2, -0.15) is 0 Å². The van der Waals surface area contributed by atoms with E-state index in [0.29, 0.717) is 0 Å². The number of aromatic nitrogens is 1. The quantitative estimate of drug-likeness (QED) is 0.674.